The van der Waals surface area contributed by atoms with Crippen LogP contribution in [0.4, 0.5) is 11.4 Å². The number of nitrogen functional groups attached to an aromatic ring is 2. The first-order valence-electron chi connectivity index (χ1n) is 10.8. The van der Waals surface area contributed by atoms with E-state index >= 15 is 0 Å². The normalized spacial score (nSPS) is 12.3. The predicted octanol–water partition coefficient (Wildman–Crippen LogP) is 10.4. The second-order valence-electron chi connectivity index (χ2n) is 8.14. The van der Waals surface area contributed by atoms with Gasteiger partial charge in [-0.15, -0.1) is 0 Å². The summed E-state index contributed by atoms with van der Waals surface area (Å²) in [6.07, 6.45) is 0. The third-order valence-corrected chi connectivity index (χ3v) is 9.23. The highest BCUT2D eigenvalue weighted by Gasteiger charge is 2.60. The van der Waals surface area contributed by atoms with Gasteiger partial charge in [0.05, 0.1) is 5.41 Å². The minimum Gasteiger partial charge on any atom is -0.457 e. The molecule has 0 aromatic heterocycles. The van der Waals surface area contributed by atoms with E-state index in [2.05, 4.69) is 95.6 Å². The van der Waals surface area contributed by atoms with Gasteiger partial charge in [0.25, 0.3) is 0 Å². The van der Waals surface area contributed by atoms with Crippen LogP contribution < -0.4 is 20.9 Å². The number of halogens is 6. The summed E-state index contributed by atoms with van der Waals surface area (Å²) in [6.45, 7) is 0. The monoisotopic (exact) mass is 878 g/mol. The van der Waals surface area contributed by atoms with E-state index in [0.717, 1.165) is 11.1 Å². The zero-order chi connectivity index (χ0) is 26.8. The van der Waals surface area contributed by atoms with Crippen molar-refractivity contribution in [2.24, 2.45) is 0 Å². The van der Waals surface area contributed by atoms with Crippen LogP contribution in [0.25, 0.3) is 0 Å². The molecule has 0 aliphatic heterocycles. The average Bonchev–Trinajstić information content (AvgIpc) is 2.83. The van der Waals surface area contributed by atoms with E-state index in [9.17, 15) is 0 Å². The fourth-order valence-electron chi connectivity index (χ4n) is 3.87. The van der Waals surface area contributed by atoms with Crippen LogP contribution in [0.2, 0.25) is 0 Å². The summed E-state index contributed by atoms with van der Waals surface area (Å²) in [4.78, 5) is 0. The molecule has 37 heavy (non-hydrogen) atoms. The van der Waals surface area contributed by atoms with E-state index in [0.29, 0.717) is 34.4 Å². The smallest absolute Gasteiger partial charge is 0.151 e. The molecule has 0 unspecified atom stereocenters. The average molecular weight is 884 g/mol. The van der Waals surface area contributed by atoms with Gasteiger partial charge in [0.1, 0.15) is 23.0 Å². The number of rotatable bonds is 6. The standard InChI is InChI=1S/C27H20Br6N2O2/c28-26(29,30)25(27(31,32)33,17-1-9-21(10-2-17)36-23-13-5-19(34)6-14-23)18-3-11-22(12-4-18)37-24-15-7-20(35)8-16-24/h1-16H,34-35H2. The Morgan fingerprint density at radius 3 is 0.892 bits per heavy atom. The van der Waals surface area contributed by atoms with Crippen LogP contribution in [0, 0.1) is 0 Å². The maximum atomic E-state index is 6.01. The maximum absolute atomic E-state index is 6.01. The van der Waals surface area contributed by atoms with Crippen molar-refractivity contribution in [3.8, 4) is 23.0 Å². The molecule has 0 aliphatic carbocycles. The molecular formula is C27H20Br6N2O2. The first kappa shape index (κ1) is 29.0. The minimum atomic E-state index is -0.796. The Morgan fingerprint density at radius 2 is 0.649 bits per heavy atom. The zero-order valence-corrected chi connectivity index (χ0v) is 28.5. The highest BCUT2D eigenvalue weighted by molar-refractivity contribution is 9.40. The Morgan fingerprint density at radius 1 is 0.405 bits per heavy atom. The number of hydrogen-bond acceptors (Lipinski definition) is 4. The van der Waals surface area contributed by atoms with E-state index in [-0.39, 0.29) is 0 Å². The largest absolute Gasteiger partial charge is 0.457 e. The quantitative estimate of drug-likeness (QED) is 0.150. The lowest BCUT2D eigenvalue weighted by atomic mass is 9.77. The van der Waals surface area contributed by atoms with Crippen LogP contribution in [0.3, 0.4) is 0 Å². The Kier molecular flexibility index (Phi) is 9.08. The van der Waals surface area contributed by atoms with Crippen LogP contribution >= 0.6 is 95.6 Å². The molecule has 4 N–H and O–H groups in total. The second-order valence-corrected chi connectivity index (χ2v) is 21.7. The summed E-state index contributed by atoms with van der Waals surface area (Å²) in [5.41, 5.74) is 14.1. The summed E-state index contributed by atoms with van der Waals surface area (Å²) in [5, 5.41) is 0. The molecule has 10 heteroatoms. The molecule has 0 aliphatic rings. The molecule has 192 valence electrons. The van der Waals surface area contributed by atoms with Gasteiger partial charge in [-0.05, 0) is 83.9 Å². The fourth-order valence-corrected chi connectivity index (χ4v) is 10.8. The van der Waals surface area contributed by atoms with Gasteiger partial charge in [0, 0.05) is 11.4 Å². The van der Waals surface area contributed by atoms with E-state index in [1.807, 2.05) is 72.8 Å². The Bertz CT molecular complexity index is 1230. The topological polar surface area (TPSA) is 70.5 Å². The van der Waals surface area contributed by atoms with E-state index < -0.39 is 9.70 Å². The summed E-state index contributed by atoms with van der Waals surface area (Å²) in [5.74, 6) is 2.81. The molecule has 4 nitrogen and oxygen atoms in total. The molecule has 0 bridgehead atoms. The number of nitrogens with two attached hydrogens (primary N) is 2. The molecule has 0 amide bonds. The molecular weight excluding hydrogens is 864 g/mol. The van der Waals surface area contributed by atoms with Gasteiger partial charge in [-0.2, -0.15) is 0 Å². The molecule has 0 fully saturated rings. The van der Waals surface area contributed by atoms with Gasteiger partial charge in [0.15, 0.2) is 4.29 Å². The van der Waals surface area contributed by atoms with Crippen LogP contribution in [0.5, 0.6) is 23.0 Å². The lowest BCUT2D eigenvalue weighted by molar-refractivity contribution is 0.480. The summed E-state index contributed by atoms with van der Waals surface area (Å²) < 4.78 is 10.4. The molecule has 0 atom stereocenters. The van der Waals surface area contributed by atoms with Crippen LogP contribution in [-0.4, -0.2) is 4.29 Å². The molecule has 0 saturated carbocycles. The first-order valence-corrected chi connectivity index (χ1v) is 15.6. The number of anilines is 2. The van der Waals surface area contributed by atoms with Crippen molar-refractivity contribution in [1.82, 2.24) is 0 Å². The lowest BCUT2D eigenvalue weighted by Crippen LogP contribution is -2.50. The van der Waals surface area contributed by atoms with Gasteiger partial charge < -0.3 is 20.9 Å². The van der Waals surface area contributed by atoms with E-state index in [1.165, 1.54) is 0 Å². The highest BCUT2D eigenvalue weighted by Crippen LogP contribution is 2.66. The maximum Gasteiger partial charge on any atom is 0.151 e. The number of ether oxygens (including phenoxy) is 2. The highest BCUT2D eigenvalue weighted by atomic mass is 80.0. The third kappa shape index (κ3) is 6.41. The second kappa shape index (κ2) is 11.6. The fraction of sp³-hybridized carbons (Fsp3) is 0.111. The third-order valence-electron chi connectivity index (χ3n) is 5.66. The van der Waals surface area contributed by atoms with Gasteiger partial charge in [0.2, 0.25) is 0 Å². The Balaban J connectivity index is 1.71. The summed E-state index contributed by atoms with van der Waals surface area (Å²) >= 11 is 23.0. The van der Waals surface area contributed by atoms with Gasteiger partial charge in [-0.1, -0.05) is 120 Å². The Labute approximate surface area is 266 Å². The van der Waals surface area contributed by atoms with Crippen molar-refractivity contribution in [2.75, 3.05) is 11.5 Å². The minimum absolute atomic E-state index is 0.684. The van der Waals surface area contributed by atoms with Gasteiger partial charge >= 0.3 is 0 Å². The van der Waals surface area contributed by atoms with Crippen molar-refractivity contribution in [1.29, 1.82) is 0 Å². The molecule has 0 heterocycles. The van der Waals surface area contributed by atoms with E-state index in [1.54, 1.807) is 24.3 Å². The van der Waals surface area contributed by atoms with Crippen LogP contribution in [0.15, 0.2) is 97.1 Å². The molecule has 4 aromatic carbocycles. The Hall–Kier alpha value is -1.04. The van der Waals surface area contributed by atoms with Crippen LogP contribution in [0.1, 0.15) is 11.1 Å². The van der Waals surface area contributed by atoms with Crippen molar-refractivity contribution >= 4 is 107 Å². The first-order chi connectivity index (χ1) is 17.4. The summed E-state index contributed by atoms with van der Waals surface area (Å²) in [6, 6.07) is 30.3. The zero-order valence-electron chi connectivity index (χ0n) is 19.0. The SMILES string of the molecule is Nc1ccc(Oc2ccc(C(c3ccc(Oc4ccc(N)cc4)cc3)(C(Br)(Br)Br)C(Br)(Br)Br)cc2)cc1. The van der Waals surface area contributed by atoms with Crippen molar-refractivity contribution in [3.05, 3.63) is 108 Å². The molecule has 4 aromatic rings. The molecule has 0 radical (unpaired) electrons. The molecule has 0 saturated heterocycles. The van der Waals surface area contributed by atoms with Crippen molar-refractivity contribution in [3.63, 3.8) is 0 Å². The number of alkyl halides is 6. The molecule has 0 spiro atoms. The number of benzene rings is 4. The summed E-state index contributed by atoms with van der Waals surface area (Å²) in [7, 11) is 0. The van der Waals surface area contributed by atoms with E-state index in [4.69, 9.17) is 20.9 Å². The number of hydrogen-bond donors (Lipinski definition) is 2. The predicted molar refractivity (Wildman–Crippen MR) is 175 cm³/mol. The van der Waals surface area contributed by atoms with Gasteiger partial charge in [-0.25, -0.2) is 0 Å². The van der Waals surface area contributed by atoms with Crippen molar-refractivity contribution in [2.45, 2.75) is 9.70 Å². The molecule has 4 rings (SSSR count). The van der Waals surface area contributed by atoms with Gasteiger partial charge in [-0.3, -0.25) is 0 Å². The lowest BCUT2D eigenvalue weighted by Gasteiger charge is -2.47. The van der Waals surface area contributed by atoms with Crippen molar-refractivity contribution < 1.29 is 9.47 Å². The van der Waals surface area contributed by atoms with Crippen LogP contribution in [-0.2, 0) is 5.41 Å².